The van der Waals surface area contributed by atoms with Crippen molar-refractivity contribution in [2.45, 2.75) is 12.8 Å². The van der Waals surface area contributed by atoms with E-state index in [0.717, 1.165) is 5.69 Å². The fourth-order valence-corrected chi connectivity index (χ4v) is 7.75. The molecule has 1 aromatic carbocycles. The molecule has 1 aromatic rings. The largest absolute Gasteiger partial charge is 0.469 e. The highest BCUT2D eigenvalue weighted by Crippen LogP contribution is 2.50. The fraction of sp³-hybridized carbons (Fsp3) is 0.652. The summed E-state index contributed by atoms with van der Waals surface area (Å²) in [4.78, 5) is 30.8. The van der Waals surface area contributed by atoms with Gasteiger partial charge in [-0.25, -0.2) is 13.2 Å². The molecule has 3 fully saturated rings. The van der Waals surface area contributed by atoms with Gasteiger partial charge < -0.3 is 19.4 Å². The van der Waals surface area contributed by atoms with Crippen LogP contribution in [0.1, 0.15) is 12.8 Å². The van der Waals surface area contributed by atoms with Crippen LogP contribution in [-0.4, -0.2) is 101 Å². The maximum Gasteiger partial charge on any atom is 0.319 e. The van der Waals surface area contributed by atoms with Gasteiger partial charge in [0, 0.05) is 59.1 Å². The van der Waals surface area contributed by atoms with Crippen molar-refractivity contribution in [1.82, 2.24) is 14.1 Å². The highest BCUT2D eigenvalue weighted by molar-refractivity contribution is 7.89. The quantitative estimate of drug-likeness (QED) is 0.593. The zero-order valence-electron chi connectivity index (χ0n) is 19.6. The number of methoxy groups -OCH3 is 1. The first kappa shape index (κ1) is 23.8. The summed E-state index contributed by atoms with van der Waals surface area (Å²) in [5, 5.41) is 0. The molecule has 1 saturated carbocycles. The lowest BCUT2D eigenvalue weighted by Gasteiger charge is -2.37. The van der Waals surface area contributed by atoms with Crippen LogP contribution >= 0.6 is 0 Å². The van der Waals surface area contributed by atoms with E-state index in [1.165, 1.54) is 11.4 Å². The Morgan fingerprint density at radius 2 is 1.61 bits per heavy atom. The van der Waals surface area contributed by atoms with Gasteiger partial charge in [-0.1, -0.05) is 18.2 Å². The van der Waals surface area contributed by atoms with Crippen LogP contribution < -0.4 is 4.90 Å². The van der Waals surface area contributed by atoms with Crippen LogP contribution in [0.3, 0.4) is 0 Å². The molecule has 9 nitrogen and oxygen atoms in total. The number of esters is 1. The highest BCUT2D eigenvalue weighted by Gasteiger charge is 2.56. The monoisotopic (exact) mass is 478 g/mol. The first-order valence-electron chi connectivity index (χ1n) is 11.5. The number of likely N-dealkylation sites (tertiary alicyclic amines) is 1. The highest BCUT2D eigenvalue weighted by atomic mass is 32.2. The zero-order valence-corrected chi connectivity index (χ0v) is 20.5. The average molecular weight is 479 g/mol. The molecule has 3 aliphatic rings. The number of amides is 2. The van der Waals surface area contributed by atoms with E-state index in [1.54, 1.807) is 23.9 Å². The third-order valence-corrected chi connectivity index (χ3v) is 9.44. The van der Waals surface area contributed by atoms with E-state index >= 15 is 0 Å². The number of rotatable bonds is 5. The summed E-state index contributed by atoms with van der Waals surface area (Å²) < 4.78 is 33.5. The molecule has 2 aliphatic heterocycles. The normalized spacial score (nSPS) is 25.1. The molecular formula is C23H34N4O5S. The van der Waals surface area contributed by atoms with Crippen molar-refractivity contribution in [3.63, 3.8) is 0 Å². The van der Waals surface area contributed by atoms with Crippen molar-refractivity contribution in [3.8, 4) is 0 Å². The van der Waals surface area contributed by atoms with Crippen molar-refractivity contribution < 1.29 is 22.7 Å². The van der Waals surface area contributed by atoms with Gasteiger partial charge in [-0.15, -0.1) is 0 Å². The number of hydrogen-bond acceptors (Lipinski definition) is 6. The summed E-state index contributed by atoms with van der Waals surface area (Å²) >= 11 is 0. The molecule has 33 heavy (non-hydrogen) atoms. The average Bonchev–Trinajstić information content (AvgIpc) is 3.35. The van der Waals surface area contributed by atoms with Crippen LogP contribution in [0.15, 0.2) is 30.3 Å². The summed E-state index contributed by atoms with van der Waals surface area (Å²) in [5.74, 6) is -0.461. The minimum Gasteiger partial charge on any atom is -0.469 e. The summed E-state index contributed by atoms with van der Waals surface area (Å²) in [6, 6.07) is 9.92. The summed E-state index contributed by atoms with van der Waals surface area (Å²) in [7, 11) is 1.12. The molecule has 2 heterocycles. The standard InChI is InChI=1S/C23H34N4O5S/c1-24(2)22(29)26-15-18-13-23(21(28)32-3,14-19(18)16-26)17-33(30,31)27-11-9-25(10-12-27)20-7-5-4-6-8-20/h4-8,18-19H,9-17H2,1-3H3/t18-,19-/m1/s1. The molecule has 0 N–H and O–H groups in total. The van der Waals surface area contributed by atoms with Gasteiger partial charge in [0.15, 0.2) is 0 Å². The molecule has 2 saturated heterocycles. The molecule has 0 bridgehead atoms. The number of fused-ring (bicyclic) bond motifs is 1. The van der Waals surface area contributed by atoms with E-state index < -0.39 is 21.4 Å². The summed E-state index contributed by atoms with van der Waals surface area (Å²) in [6.45, 7) is 3.12. The number of sulfonamides is 1. The predicted molar refractivity (Wildman–Crippen MR) is 125 cm³/mol. The van der Waals surface area contributed by atoms with Gasteiger partial charge in [0.25, 0.3) is 0 Å². The van der Waals surface area contributed by atoms with Crippen LogP contribution in [0.5, 0.6) is 0 Å². The fourth-order valence-electron chi connectivity index (χ4n) is 5.79. The third kappa shape index (κ3) is 4.68. The van der Waals surface area contributed by atoms with Crippen LogP contribution in [0.4, 0.5) is 10.5 Å². The van der Waals surface area contributed by atoms with Crippen LogP contribution in [0.2, 0.25) is 0 Å². The molecule has 2 amide bonds. The molecule has 10 heteroatoms. The lowest BCUT2D eigenvalue weighted by Crippen LogP contribution is -2.52. The summed E-state index contributed by atoms with van der Waals surface area (Å²) in [5.41, 5.74) is 0.0354. The predicted octanol–water partition coefficient (Wildman–Crippen LogP) is 1.32. The zero-order chi connectivity index (χ0) is 23.8. The maximum atomic E-state index is 13.4. The molecule has 2 atom stereocenters. The van der Waals surface area contributed by atoms with E-state index in [0.29, 0.717) is 52.1 Å². The molecule has 0 aromatic heterocycles. The van der Waals surface area contributed by atoms with Gasteiger partial charge in [-0.3, -0.25) is 4.79 Å². The van der Waals surface area contributed by atoms with Crippen molar-refractivity contribution in [3.05, 3.63) is 30.3 Å². The smallest absolute Gasteiger partial charge is 0.319 e. The van der Waals surface area contributed by atoms with E-state index in [-0.39, 0.29) is 23.6 Å². The Morgan fingerprint density at radius 1 is 1.03 bits per heavy atom. The van der Waals surface area contributed by atoms with Gasteiger partial charge in [-0.05, 0) is 36.8 Å². The second kappa shape index (κ2) is 9.13. The number of carbonyl (C=O) groups is 2. The lowest BCUT2D eigenvalue weighted by molar-refractivity contribution is -0.151. The molecule has 4 rings (SSSR count). The number of piperazine rings is 1. The molecule has 1 aliphatic carbocycles. The second-order valence-corrected chi connectivity index (χ2v) is 11.7. The van der Waals surface area contributed by atoms with Crippen LogP contribution in [0, 0.1) is 17.3 Å². The Bertz CT molecular complexity index is 962. The SMILES string of the molecule is COC(=O)C1(CS(=O)(=O)N2CCN(c3ccccc3)CC2)C[C@@H]2CN(C(=O)N(C)C)C[C@H]2C1. The van der Waals surface area contributed by atoms with Crippen molar-refractivity contribution in [1.29, 1.82) is 0 Å². The topological polar surface area (TPSA) is 90.5 Å². The first-order chi connectivity index (χ1) is 15.6. The minimum atomic E-state index is -3.64. The van der Waals surface area contributed by atoms with Crippen LogP contribution in [0.25, 0.3) is 0 Å². The van der Waals surface area contributed by atoms with Crippen LogP contribution in [-0.2, 0) is 19.6 Å². The first-order valence-corrected chi connectivity index (χ1v) is 13.1. The Kier molecular flexibility index (Phi) is 6.59. The molecule has 0 unspecified atom stereocenters. The van der Waals surface area contributed by atoms with Gasteiger partial charge in [-0.2, -0.15) is 4.31 Å². The summed E-state index contributed by atoms with van der Waals surface area (Å²) in [6.07, 6.45) is 0.871. The Hall–Kier alpha value is -2.33. The van der Waals surface area contributed by atoms with Crippen molar-refractivity contribution >= 4 is 27.7 Å². The van der Waals surface area contributed by atoms with E-state index in [4.69, 9.17) is 4.74 Å². The van der Waals surface area contributed by atoms with Crippen molar-refractivity contribution in [2.75, 3.05) is 71.1 Å². The number of nitrogens with zero attached hydrogens (tertiary/aromatic N) is 4. The lowest BCUT2D eigenvalue weighted by atomic mass is 9.86. The number of anilines is 1. The number of para-hydroxylation sites is 1. The van der Waals surface area contributed by atoms with E-state index in [2.05, 4.69) is 4.90 Å². The third-order valence-electron chi connectivity index (χ3n) is 7.37. The van der Waals surface area contributed by atoms with Crippen molar-refractivity contribution in [2.24, 2.45) is 17.3 Å². The number of carbonyl (C=O) groups excluding carboxylic acids is 2. The number of ether oxygens (including phenoxy) is 1. The molecule has 0 spiro atoms. The Labute approximate surface area is 196 Å². The van der Waals surface area contributed by atoms with Gasteiger partial charge in [0.05, 0.1) is 18.3 Å². The van der Waals surface area contributed by atoms with Gasteiger partial charge in [0.2, 0.25) is 10.0 Å². The number of benzene rings is 1. The second-order valence-electron chi connectivity index (χ2n) is 9.76. The number of urea groups is 1. The molecule has 0 radical (unpaired) electrons. The van der Waals surface area contributed by atoms with Gasteiger partial charge in [0.1, 0.15) is 0 Å². The Morgan fingerprint density at radius 3 is 2.12 bits per heavy atom. The maximum absolute atomic E-state index is 13.4. The van der Waals surface area contributed by atoms with E-state index in [9.17, 15) is 18.0 Å². The minimum absolute atomic E-state index is 0.0445. The van der Waals surface area contributed by atoms with E-state index in [1.807, 2.05) is 30.3 Å². The molecular weight excluding hydrogens is 444 g/mol. The molecule has 182 valence electrons. The number of hydrogen-bond donors (Lipinski definition) is 0. The van der Waals surface area contributed by atoms with Gasteiger partial charge >= 0.3 is 12.0 Å². The Balaban J connectivity index is 1.43.